The topological polar surface area (TPSA) is 59.5 Å². The molecule has 11 heteroatoms. The second-order valence-corrected chi connectivity index (χ2v) is 10.1. The summed E-state index contributed by atoms with van der Waals surface area (Å²) in [7, 11) is 1.10. The van der Waals surface area contributed by atoms with E-state index in [-0.39, 0.29) is 23.1 Å². The largest absolute Gasteiger partial charge is 0.491 e. The number of nitrogens with zero attached hydrogens (tertiary/aromatic N) is 3. The summed E-state index contributed by atoms with van der Waals surface area (Å²) < 4.78 is 80.0. The van der Waals surface area contributed by atoms with Crippen LogP contribution in [0.5, 0.6) is 5.75 Å². The molecule has 3 heterocycles. The Morgan fingerprint density at radius 1 is 1.03 bits per heavy atom. The maximum Gasteiger partial charge on any atom is 0.420 e. The van der Waals surface area contributed by atoms with Crippen molar-refractivity contribution in [3.63, 3.8) is 0 Å². The number of fused-ring (bicyclic) bond motifs is 1. The van der Waals surface area contributed by atoms with Crippen LogP contribution in [-0.2, 0) is 10.9 Å². The van der Waals surface area contributed by atoms with Crippen molar-refractivity contribution >= 4 is 5.82 Å². The van der Waals surface area contributed by atoms with E-state index < -0.39 is 29.1 Å². The van der Waals surface area contributed by atoms with Gasteiger partial charge in [0.15, 0.2) is 23.2 Å². The van der Waals surface area contributed by atoms with Gasteiger partial charge in [-0.25, -0.2) is 8.78 Å². The fraction of sp³-hybridized carbons (Fsp3) is 0.600. The minimum Gasteiger partial charge on any atom is -0.491 e. The van der Waals surface area contributed by atoms with E-state index in [0.29, 0.717) is 17.8 Å². The Bertz CT molecular complexity index is 1060. The van der Waals surface area contributed by atoms with E-state index >= 15 is 0 Å². The van der Waals surface area contributed by atoms with Gasteiger partial charge in [-0.05, 0) is 61.6 Å². The quantitative estimate of drug-likeness (QED) is 0.550. The van der Waals surface area contributed by atoms with Gasteiger partial charge in [0, 0.05) is 44.5 Å². The number of aromatic nitrogens is 2. The van der Waals surface area contributed by atoms with Crippen LogP contribution in [0.3, 0.4) is 0 Å². The number of halogens is 5. The lowest BCUT2D eigenvalue weighted by Crippen LogP contribution is -2.32. The van der Waals surface area contributed by atoms with Crippen LogP contribution >= 0.6 is 0 Å². The van der Waals surface area contributed by atoms with Crippen LogP contribution in [0.4, 0.5) is 27.8 Å². The van der Waals surface area contributed by atoms with Crippen LogP contribution in [0, 0.1) is 29.4 Å². The van der Waals surface area contributed by atoms with E-state index in [9.17, 15) is 22.0 Å². The van der Waals surface area contributed by atoms with Crippen LogP contribution in [-0.4, -0.2) is 61.1 Å². The highest BCUT2D eigenvalue weighted by atomic mass is 19.4. The van der Waals surface area contributed by atoms with Crippen molar-refractivity contribution in [2.24, 2.45) is 17.8 Å². The zero-order valence-corrected chi connectivity index (χ0v) is 20.0. The Kier molecular flexibility index (Phi) is 7.04. The van der Waals surface area contributed by atoms with Crippen molar-refractivity contribution in [3.8, 4) is 17.0 Å². The van der Waals surface area contributed by atoms with Crippen molar-refractivity contribution in [2.45, 2.75) is 37.9 Å². The summed E-state index contributed by atoms with van der Waals surface area (Å²) >= 11 is 0. The number of ether oxygens (including phenoxy) is 2. The summed E-state index contributed by atoms with van der Waals surface area (Å²) in [4.78, 5) is 2.49. The number of rotatable bonds is 6. The zero-order chi connectivity index (χ0) is 25.4. The van der Waals surface area contributed by atoms with E-state index in [1.54, 1.807) is 0 Å². The number of hydrogen-bond donors (Lipinski definition) is 1. The number of benzene rings is 1. The molecule has 1 saturated carbocycles. The van der Waals surface area contributed by atoms with E-state index in [2.05, 4.69) is 25.2 Å². The van der Waals surface area contributed by atoms with Crippen molar-refractivity contribution in [1.29, 1.82) is 0 Å². The number of alkyl halides is 3. The molecule has 0 bridgehead atoms. The lowest BCUT2D eigenvalue weighted by molar-refractivity contribution is -0.137. The van der Waals surface area contributed by atoms with E-state index in [4.69, 9.17) is 4.74 Å². The third-order valence-electron chi connectivity index (χ3n) is 7.62. The van der Waals surface area contributed by atoms with Gasteiger partial charge in [0.1, 0.15) is 5.56 Å². The van der Waals surface area contributed by atoms with Crippen LogP contribution in [0.15, 0.2) is 18.2 Å². The lowest BCUT2D eigenvalue weighted by atomic mass is 10.00. The SMILES string of the molecule is COc1c(F)cc(-c2cc(C(F)(F)F)c(NC3C[C@@H]4CN(CC5CCOCC5)C[C@@H]4C3)nn2)cc1F. The summed E-state index contributed by atoms with van der Waals surface area (Å²) in [5, 5.41) is 10.6. The molecule has 1 unspecified atom stereocenters. The second-order valence-electron chi connectivity index (χ2n) is 10.1. The summed E-state index contributed by atoms with van der Waals surface area (Å²) in [6.07, 6.45) is -1.01. The lowest BCUT2D eigenvalue weighted by Gasteiger charge is -2.28. The van der Waals surface area contributed by atoms with Gasteiger partial charge < -0.3 is 19.7 Å². The summed E-state index contributed by atoms with van der Waals surface area (Å²) in [6.45, 7) is 4.63. The minimum atomic E-state index is -4.72. The minimum absolute atomic E-state index is 0.137. The fourth-order valence-corrected chi connectivity index (χ4v) is 5.91. The van der Waals surface area contributed by atoms with Crippen molar-refractivity contribution in [1.82, 2.24) is 15.1 Å². The van der Waals surface area contributed by atoms with Gasteiger partial charge in [0.05, 0.1) is 12.8 Å². The van der Waals surface area contributed by atoms with Gasteiger partial charge in [-0.1, -0.05) is 0 Å². The average molecular weight is 513 g/mol. The zero-order valence-electron chi connectivity index (χ0n) is 20.0. The standard InChI is InChI=1S/C25H29F5N4O2/c1-35-23-20(26)8-15(9-21(23)27)22-10-19(25(28,29)30)24(33-32-22)31-18-6-16-12-34(13-17(16)7-18)11-14-2-4-36-5-3-14/h8-10,14,16-18H,2-7,11-13H2,1H3,(H,31,33)/t16-,17+,18?. The van der Waals surface area contributed by atoms with Crippen LogP contribution < -0.4 is 10.1 Å². The first kappa shape index (κ1) is 25.1. The number of nitrogens with one attached hydrogen (secondary N) is 1. The highest BCUT2D eigenvalue weighted by Gasteiger charge is 2.43. The van der Waals surface area contributed by atoms with Gasteiger partial charge in [-0.3, -0.25) is 0 Å². The molecule has 2 aliphatic heterocycles. The maximum atomic E-state index is 14.1. The highest BCUT2D eigenvalue weighted by Crippen LogP contribution is 2.42. The smallest absolute Gasteiger partial charge is 0.420 e. The molecular weight excluding hydrogens is 483 g/mol. The van der Waals surface area contributed by atoms with E-state index in [1.807, 2.05) is 0 Å². The van der Waals surface area contributed by atoms with Gasteiger partial charge in [0.2, 0.25) is 0 Å². The molecule has 2 saturated heterocycles. The Labute approximate surface area is 206 Å². The third-order valence-corrected chi connectivity index (χ3v) is 7.62. The van der Waals surface area contributed by atoms with Gasteiger partial charge >= 0.3 is 6.18 Å². The predicted octanol–water partition coefficient (Wildman–Crippen LogP) is 5.00. The van der Waals surface area contributed by atoms with Crippen molar-refractivity contribution in [3.05, 3.63) is 35.4 Å². The summed E-state index contributed by atoms with van der Waals surface area (Å²) in [5.74, 6) is -1.50. The number of hydrogen-bond acceptors (Lipinski definition) is 6. The third kappa shape index (κ3) is 5.27. The van der Waals surface area contributed by atoms with E-state index in [0.717, 1.165) is 83.8 Å². The molecule has 196 valence electrons. The molecule has 36 heavy (non-hydrogen) atoms. The summed E-state index contributed by atoms with van der Waals surface area (Å²) in [5.41, 5.74) is -1.45. The Hall–Kier alpha value is -2.53. The molecule has 3 atom stereocenters. The molecule has 1 aromatic heterocycles. The molecule has 3 aliphatic rings. The van der Waals surface area contributed by atoms with Crippen LogP contribution in [0.2, 0.25) is 0 Å². The normalized spacial score (nSPS) is 25.2. The number of methoxy groups -OCH3 is 1. The fourth-order valence-electron chi connectivity index (χ4n) is 5.91. The van der Waals surface area contributed by atoms with Crippen LogP contribution in [0.1, 0.15) is 31.2 Å². The molecule has 0 spiro atoms. The number of likely N-dealkylation sites (tertiary alicyclic amines) is 1. The Balaban J connectivity index is 1.27. The predicted molar refractivity (Wildman–Crippen MR) is 123 cm³/mol. The molecule has 0 amide bonds. The first-order valence-corrected chi connectivity index (χ1v) is 12.3. The monoisotopic (exact) mass is 512 g/mol. The molecule has 5 rings (SSSR count). The molecule has 0 radical (unpaired) electrons. The summed E-state index contributed by atoms with van der Waals surface area (Å²) in [6, 6.07) is 2.40. The van der Waals surface area contributed by atoms with Crippen LogP contribution in [0.25, 0.3) is 11.3 Å². The molecule has 1 aromatic carbocycles. The van der Waals surface area contributed by atoms with Gasteiger partial charge in [-0.2, -0.15) is 13.2 Å². The molecule has 3 fully saturated rings. The molecule has 6 nitrogen and oxygen atoms in total. The van der Waals surface area contributed by atoms with Gasteiger partial charge in [-0.15, -0.1) is 10.2 Å². The molecule has 1 N–H and O–H groups in total. The highest BCUT2D eigenvalue weighted by molar-refractivity contribution is 5.63. The average Bonchev–Trinajstić information content (AvgIpc) is 3.37. The Morgan fingerprint density at radius 3 is 2.25 bits per heavy atom. The molecule has 1 aliphatic carbocycles. The number of anilines is 1. The first-order chi connectivity index (χ1) is 17.2. The van der Waals surface area contributed by atoms with Crippen molar-refractivity contribution in [2.75, 3.05) is 45.3 Å². The molecule has 2 aromatic rings. The van der Waals surface area contributed by atoms with Gasteiger partial charge in [0.25, 0.3) is 0 Å². The first-order valence-electron chi connectivity index (χ1n) is 12.3. The Morgan fingerprint density at radius 2 is 1.67 bits per heavy atom. The van der Waals surface area contributed by atoms with Crippen molar-refractivity contribution < 1.29 is 31.4 Å². The second kappa shape index (κ2) is 10.1. The maximum absolute atomic E-state index is 14.1. The van der Waals surface area contributed by atoms with E-state index in [1.165, 1.54) is 0 Å². The molecular formula is C25H29F5N4O2.